The molecule has 4 heteroatoms. The fourth-order valence-corrected chi connectivity index (χ4v) is 2.53. The quantitative estimate of drug-likeness (QED) is 0.886. The van der Waals surface area contributed by atoms with Crippen LogP contribution in [0.15, 0.2) is 24.3 Å². The largest absolute Gasteiger partial charge is 0.355 e. The van der Waals surface area contributed by atoms with Gasteiger partial charge in [-0.3, -0.25) is 4.79 Å². The van der Waals surface area contributed by atoms with Crippen molar-refractivity contribution in [3.05, 3.63) is 35.6 Å². The Labute approximate surface area is 120 Å². The van der Waals surface area contributed by atoms with Gasteiger partial charge < -0.3 is 10.6 Å². The van der Waals surface area contributed by atoms with Crippen LogP contribution in [-0.4, -0.2) is 25.5 Å². The Bertz CT molecular complexity index is 450. The molecule has 110 valence electrons. The highest BCUT2D eigenvalue weighted by Crippen LogP contribution is 2.22. The number of carbonyl (C=O) groups excluding carboxylic acids is 1. The van der Waals surface area contributed by atoms with Crippen LogP contribution in [0, 0.1) is 11.7 Å². The topological polar surface area (TPSA) is 41.1 Å². The minimum atomic E-state index is -0.234. The van der Waals surface area contributed by atoms with Gasteiger partial charge in [0.2, 0.25) is 5.91 Å². The molecular weight excluding hydrogens is 255 g/mol. The Morgan fingerprint density at radius 2 is 2.10 bits per heavy atom. The molecule has 1 heterocycles. The molecule has 20 heavy (non-hydrogen) atoms. The van der Waals surface area contributed by atoms with E-state index < -0.39 is 0 Å². The lowest BCUT2D eigenvalue weighted by atomic mass is 9.84. The van der Waals surface area contributed by atoms with Gasteiger partial charge in [0.1, 0.15) is 5.82 Å². The molecule has 1 atom stereocenters. The summed E-state index contributed by atoms with van der Waals surface area (Å²) in [6.07, 6.45) is 2.01. The predicted octanol–water partition coefficient (Wildman–Crippen LogP) is 2.22. The first-order chi connectivity index (χ1) is 9.49. The third kappa shape index (κ3) is 3.79. The zero-order valence-corrected chi connectivity index (χ0v) is 12.2. The van der Waals surface area contributed by atoms with E-state index in [1.807, 2.05) is 0 Å². The number of nitrogens with one attached hydrogen (secondary N) is 2. The lowest BCUT2D eigenvalue weighted by Gasteiger charge is -2.28. The van der Waals surface area contributed by atoms with Gasteiger partial charge in [-0.05, 0) is 37.1 Å². The van der Waals surface area contributed by atoms with Crippen molar-refractivity contribution in [3.8, 4) is 0 Å². The molecule has 2 rings (SSSR count). The van der Waals surface area contributed by atoms with Crippen LogP contribution in [0.3, 0.4) is 0 Å². The summed E-state index contributed by atoms with van der Waals surface area (Å²) in [5, 5.41) is 6.28. The number of halogens is 1. The average molecular weight is 278 g/mol. The van der Waals surface area contributed by atoms with Gasteiger partial charge in [0.05, 0.1) is 5.92 Å². The van der Waals surface area contributed by atoms with Gasteiger partial charge in [0.15, 0.2) is 0 Å². The minimum Gasteiger partial charge on any atom is -0.355 e. The van der Waals surface area contributed by atoms with Crippen LogP contribution >= 0.6 is 0 Å². The van der Waals surface area contributed by atoms with Gasteiger partial charge >= 0.3 is 0 Å². The fourth-order valence-electron chi connectivity index (χ4n) is 2.53. The molecule has 0 radical (unpaired) electrons. The highest BCUT2D eigenvalue weighted by molar-refractivity contribution is 5.79. The summed E-state index contributed by atoms with van der Waals surface area (Å²) in [7, 11) is 0. The molecule has 1 aromatic rings. The van der Waals surface area contributed by atoms with Crippen LogP contribution < -0.4 is 10.6 Å². The summed E-state index contributed by atoms with van der Waals surface area (Å²) in [6, 6.07) is 6.49. The standard InChI is InChI=1S/C16H23FN2O/c1-16(2,13-5-7-14(17)8-6-13)11-19-15(20)12-4-3-9-18-10-12/h5-8,12,18H,3-4,9-11H2,1-2H3,(H,19,20). The van der Waals surface area contributed by atoms with Crippen LogP contribution in [0.2, 0.25) is 0 Å². The van der Waals surface area contributed by atoms with E-state index in [2.05, 4.69) is 24.5 Å². The van der Waals surface area contributed by atoms with Gasteiger partial charge in [-0.1, -0.05) is 26.0 Å². The number of piperidine rings is 1. The Balaban J connectivity index is 1.91. The molecular formula is C16H23FN2O. The van der Waals surface area contributed by atoms with Crippen molar-refractivity contribution in [1.82, 2.24) is 10.6 Å². The van der Waals surface area contributed by atoms with E-state index in [9.17, 15) is 9.18 Å². The monoisotopic (exact) mass is 278 g/mol. The summed E-state index contributed by atoms with van der Waals surface area (Å²) >= 11 is 0. The zero-order chi connectivity index (χ0) is 14.6. The van der Waals surface area contributed by atoms with E-state index in [-0.39, 0.29) is 23.1 Å². The maximum absolute atomic E-state index is 13.0. The molecule has 0 aliphatic carbocycles. The van der Waals surface area contributed by atoms with Crippen LogP contribution in [0.5, 0.6) is 0 Å². The Morgan fingerprint density at radius 3 is 2.70 bits per heavy atom. The van der Waals surface area contributed by atoms with Crippen LogP contribution in [0.1, 0.15) is 32.3 Å². The fraction of sp³-hybridized carbons (Fsp3) is 0.562. The smallest absolute Gasteiger partial charge is 0.224 e. The predicted molar refractivity (Wildman–Crippen MR) is 78.0 cm³/mol. The van der Waals surface area contributed by atoms with Crippen LogP contribution in [-0.2, 0) is 10.2 Å². The second-order valence-corrected chi connectivity index (χ2v) is 6.15. The van der Waals surface area contributed by atoms with Gasteiger partial charge in [-0.25, -0.2) is 4.39 Å². The van der Waals surface area contributed by atoms with Crippen molar-refractivity contribution in [1.29, 1.82) is 0 Å². The van der Waals surface area contributed by atoms with Gasteiger partial charge in [-0.15, -0.1) is 0 Å². The number of rotatable bonds is 4. The Morgan fingerprint density at radius 1 is 1.40 bits per heavy atom. The highest BCUT2D eigenvalue weighted by atomic mass is 19.1. The molecule has 1 saturated heterocycles. The van der Waals surface area contributed by atoms with E-state index >= 15 is 0 Å². The molecule has 1 amide bonds. The molecule has 1 unspecified atom stereocenters. The maximum Gasteiger partial charge on any atom is 0.224 e. The molecule has 0 spiro atoms. The number of amides is 1. The van der Waals surface area contributed by atoms with Gasteiger partial charge in [0, 0.05) is 18.5 Å². The number of carbonyl (C=O) groups is 1. The van der Waals surface area contributed by atoms with Crippen LogP contribution in [0.4, 0.5) is 4.39 Å². The number of hydrogen-bond acceptors (Lipinski definition) is 2. The lowest BCUT2D eigenvalue weighted by molar-refractivity contribution is -0.125. The molecule has 1 aromatic carbocycles. The van der Waals surface area contributed by atoms with E-state index in [0.717, 1.165) is 31.5 Å². The lowest BCUT2D eigenvalue weighted by Crippen LogP contribution is -2.44. The van der Waals surface area contributed by atoms with Crippen molar-refractivity contribution in [2.24, 2.45) is 5.92 Å². The van der Waals surface area contributed by atoms with E-state index in [0.29, 0.717) is 6.54 Å². The normalized spacial score (nSPS) is 19.6. The molecule has 0 saturated carbocycles. The molecule has 2 N–H and O–H groups in total. The summed E-state index contributed by atoms with van der Waals surface area (Å²) in [4.78, 5) is 12.1. The third-order valence-corrected chi connectivity index (χ3v) is 4.00. The molecule has 0 bridgehead atoms. The minimum absolute atomic E-state index is 0.0766. The summed E-state index contributed by atoms with van der Waals surface area (Å²) in [5.74, 6) is -0.0398. The van der Waals surface area contributed by atoms with Crippen molar-refractivity contribution in [2.45, 2.75) is 32.1 Å². The number of benzene rings is 1. The molecule has 3 nitrogen and oxygen atoms in total. The van der Waals surface area contributed by atoms with E-state index in [1.165, 1.54) is 12.1 Å². The Kier molecular flexibility index (Phi) is 4.76. The summed E-state index contributed by atoms with van der Waals surface area (Å²) in [5.41, 5.74) is 0.826. The van der Waals surface area contributed by atoms with E-state index in [4.69, 9.17) is 0 Å². The molecule has 0 aromatic heterocycles. The first-order valence-electron chi connectivity index (χ1n) is 7.23. The van der Waals surface area contributed by atoms with Gasteiger partial charge in [0.25, 0.3) is 0 Å². The first-order valence-corrected chi connectivity index (χ1v) is 7.23. The second kappa shape index (κ2) is 6.35. The summed E-state index contributed by atoms with van der Waals surface area (Å²) in [6.45, 7) is 6.45. The third-order valence-electron chi connectivity index (χ3n) is 4.00. The summed E-state index contributed by atoms with van der Waals surface area (Å²) < 4.78 is 13.0. The molecule has 1 fully saturated rings. The molecule has 1 aliphatic rings. The Hall–Kier alpha value is -1.42. The number of hydrogen-bond donors (Lipinski definition) is 2. The van der Waals surface area contributed by atoms with Crippen molar-refractivity contribution in [3.63, 3.8) is 0 Å². The van der Waals surface area contributed by atoms with E-state index in [1.54, 1.807) is 12.1 Å². The maximum atomic E-state index is 13.0. The van der Waals surface area contributed by atoms with Crippen molar-refractivity contribution >= 4 is 5.91 Å². The SMILES string of the molecule is CC(C)(CNC(=O)C1CCCNC1)c1ccc(F)cc1. The van der Waals surface area contributed by atoms with Crippen molar-refractivity contribution in [2.75, 3.05) is 19.6 Å². The van der Waals surface area contributed by atoms with Crippen LogP contribution in [0.25, 0.3) is 0 Å². The average Bonchev–Trinajstić information content (AvgIpc) is 2.46. The zero-order valence-electron chi connectivity index (χ0n) is 12.2. The van der Waals surface area contributed by atoms with Crippen molar-refractivity contribution < 1.29 is 9.18 Å². The second-order valence-electron chi connectivity index (χ2n) is 6.15. The molecule has 1 aliphatic heterocycles. The highest BCUT2D eigenvalue weighted by Gasteiger charge is 2.25. The first kappa shape index (κ1) is 15.0. The van der Waals surface area contributed by atoms with Gasteiger partial charge in [-0.2, -0.15) is 0 Å².